The number of likely N-dealkylation sites (tertiary alicyclic amines) is 1. The predicted octanol–water partition coefficient (Wildman–Crippen LogP) is 3.84. The summed E-state index contributed by atoms with van der Waals surface area (Å²) in [4.78, 5) is 19.7. The van der Waals surface area contributed by atoms with Crippen molar-refractivity contribution in [3.63, 3.8) is 0 Å². The first-order chi connectivity index (χ1) is 17.5. The van der Waals surface area contributed by atoms with Crippen molar-refractivity contribution in [2.24, 2.45) is 5.73 Å². The largest absolute Gasteiger partial charge is 0.365 e. The minimum atomic E-state index is 0.339. The van der Waals surface area contributed by atoms with Gasteiger partial charge in [-0.3, -0.25) is 0 Å². The molecule has 1 saturated heterocycles. The molecule has 4 N–H and O–H groups in total. The van der Waals surface area contributed by atoms with Gasteiger partial charge in [0.15, 0.2) is 17.0 Å². The molecule has 200 valence electrons. The summed E-state index contributed by atoms with van der Waals surface area (Å²) in [6, 6.07) is 1.67. The van der Waals surface area contributed by atoms with Crippen LogP contribution in [0.25, 0.3) is 11.2 Å². The zero-order valence-corrected chi connectivity index (χ0v) is 22.5. The maximum absolute atomic E-state index is 6.15. The van der Waals surface area contributed by atoms with Crippen LogP contribution in [0, 0.1) is 0 Å². The molecular formula is C27H47N9. The van der Waals surface area contributed by atoms with E-state index in [-0.39, 0.29) is 0 Å². The highest BCUT2D eigenvalue weighted by Crippen LogP contribution is 2.34. The van der Waals surface area contributed by atoms with Gasteiger partial charge in [-0.25, -0.2) is 4.98 Å². The second-order valence-electron chi connectivity index (χ2n) is 11.7. The van der Waals surface area contributed by atoms with E-state index >= 15 is 0 Å². The van der Waals surface area contributed by atoms with E-state index in [4.69, 9.17) is 20.7 Å². The molecule has 0 unspecified atom stereocenters. The van der Waals surface area contributed by atoms with E-state index in [1.165, 1.54) is 51.6 Å². The maximum atomic E-state index is 6.15. The van der Waals surface area contributed by atoms with Gasteiger partial charge in [0.25, 0.3) is 0 Å². The fraction of sp³-hybridized carbons (Fsp3) is 0.815. The summed E-state index contributed by atoms with van der Waals surface area (Å²) in [6.45, 7) is 4.69. The van der Waals surface area contributed by atoms with Gasteiger partial charge in [0.1, 0.15) is 0 Å². The van der Waals surface area contributed by atoms with Crippen LogP contribution in [0.5, 0.6) is 0 Å². The summed E-state index contributed by atoms with van der Waals surface area (Å²) in [5.74, 6) is 1.64. The third kappa shape index (κ3) is 6.47. The Labute approximate surface area is 216 Å². The lowest BCUT2D eigenvalue weighted by atomic mass is 9.92. The highest BCUT2D eigenvalue weighted by Gasteiger charge is 2.26. The lowest BCUT2D eigenvalue weighted by Crippen LogP contribution is -2.40. The molecule has 3 heterocycles. The Morgan fingerprint density at radius 3 is 2.36 bits per heavy atom. The molecule has 0 aromatic carbocycles. The van der Waals surface area contributed by atoms with Gasteiger partial charge in [-0.2, -0.15) is 9.97 Å². The van der Waals surface area contributed by atoms with E-state index in [0.29, 0.717) is 24.2 Å². The number of fused-ring (bicyclic) bond motifs is 1. The van der Waals surface area contributed by atoms with Crippen LogP contribution in [0.15, 0.2) is 6.33 Å². The number of imidazole rings is 1. The summed E-state index contributed by atoms with van der Waals surface area (Å²) in [5, 5.41) is 7.45. The number of hydrogen-bond donors (Lipinski definition) is 3. The fourth-order valence-electron chi connectivity index (χ4n) is 6.24. The predicted molar refractivity (Wildman–Crippen MR) is 148 cm³/mol. The number of rotatable bonds is 10. The molecule has 3 aliphatic rings. The highest BCUT2D eigenvalue weighted by atomic mass is 15.2. The first kappa shape index (κ1) is 25.7. The highest BCUT2D eigenvalue weighted by molar-refractivity contribution is 5.84. The summed E-state index contributed by atoms with van der Waals surface area (Å²) >= 11 is 0. The zero-order chi connectivity index (χ0) is 24.9. The number of aromatic nitrogens is 4. The monoisotopic (exact) mass is 497 g/mol. The van der Waals surface area contributed by atoms with Crippen LogP contribution in [-0.2, 0) is 0 Å². The molecule has 2 aromatic heterocycles. The molecule has 2 aliphatic carbocycles. The van der Waals surface area contributed by atoms with Gasteiger partial charge < -0.3 is 30.7 Å². The van der Waals surface area contributed by atoms with E-state index < -0.39 is 0 Å². The standard InChI is InChI=1S/C27H47N9/c1-34(2)15-5-6-16-35-17-13-22(14-18-35)31-27-32-25(30-21-11-9-20(28)10-12-21)24-26(33-27)36(19-29-24)23-7-3-4-8-23/h19-23H,3-18,28H2,1-2H3,(H2,30,31,32,33). The molecule has 0 amide bonds. The van der Waals surface area contributed by atoms with Crippen molar-refractivity contribution in [3.8, 4) is 0 Å². The molecule has 0 spiro atoms. The van der Waals surface area contributed by atoms with Crippen LogP contribution in [0.1, 0.15) is 83.1 Å². The summed E-state index contributed by atoms with van der Waals surface area (Å²) in [6.07, 6.45) is 16.2. The second kappa shape index (κ2) is 12.0. The van der Waals surface area contributed by atoms with Crippen LogP contribution < -0.4 is 16.4 Å². The van der Waals surface area contributed by atoms with E-state index in [0.717, 1.165) is 74.5 Å². The molecule has 1 aliphatic heterocycles. The number of nitrogens with one attached hydrogen (secondary N) is 2. The molecular weight excluding hydrogens is 450 g/mol. The first-order valence-corrected chi connectivity index (χ1v) is 14.5. The van der Waals surface area contributed by atoms with Crippen molar-refractivity contribution >= 4 is 22.9 Å². The molecule has 9 nitrogen and oxygen atoms in total. The van der Waals surface area contributed by atoms with Gasteiger partial charge in [0.05, 0.1) is 6.33 Å². The van der Waals surface area contributed by atoms with Crippen molar-refractivity contribution < 1.29 is 0 Å². The molecule has 2 saturated carbocycles. The van der Waals surface area contributed by atoms with Crippen LogP contribution >= 0.6 is 0 Å². The van der Waals surface area contributed by atoms with Crippen LogP contribution in [-0.4, -0.2) is 87.7 Å². The van der Waals surface area contributed by atoms with Crippen molar-refractivity contribution in [3.05, 3.63) is 6.33 Å². The van der Waals surface area contributed by atoms with Crippen molar-refractivity contribution in [2.75, 3.05) is 50.9 Å². The van der Waals surface area contributed by atoms with Crippen molar-refractivity contribution in [1.82, 2.24) is 29.3 Å². The average molecular weight is 498 g/mol. The molecule has 0 radical (unpaired) electrons. The number of anilines is 2. The number of unbranched alkanes of at least 4 members (excludes halogenated alkanes) is 1. The lowest BCUT2D eigenvalue weighted by Gasteiger charge is -2.32. The SMILES string of the molecule is CN(C)CCCCN1CCC(Nc2nc(NC3CCC(N)CC3)c3ncn(C4CCCC4)c3n2)CC1. The quantitative estimate of drug-likeness (QED) is 0.426. The Kier molecular flexibility index (Phi) is 8.59. The summed E-state index contributed by atoms with van der Waals surface area (Å²) in [5.41, 5.74) is 8.04. The molecule has 0 atom stereocenters. The lowest BCUT2D eigenvalue weighted by molar-refractivity contribution is 0.212. The molecule has 9 heteroatoms. The van der Waals surface area contributed by atoms with Gasteiger partial charge in [-0.1, -0.05) is 12.8 Å². The maximum Gasteiger partial charge on any atom is 0.227 e. The zero-order valence-electron chi connectivity index (χ0n) is 22.5. The Hall–Kier alpha value is -1.97. The van der Waals surface area contributed by atoms with Gasteiger partial charge in [0, 0.05) is 37.3 Å². The van der Waals surface area contributed by atoms with Crippen molar-refractivity contribution in [2.45, 2.75) is 101 Å². The Bertz CT molecular complexity index is 952. The topological polar surface area (TPSA) is 100 Å². The first-order valence-electron chi connectivity index (χ1n) is 14.5. The third-order valence-electron chi connectivity index (χ3n) is 8.50. The number of hydrogen-bond acceptors (Lipinski definition) is 8. The second-order valence-corrected chi connectivity index (χ2v) is 11.7. The molecule has 0 bridgehead atoms. The molecule has 5 rings (SSSR count). The normalized spacial score (nSPS) is 24.7. The van der Waals surface area contributed by atoms with Gasteiger partial charge >= 0.3 is 0 Å². The van der Waals surface area contributed by atoms with E-state index in [2.05, 4.69) is 39.1 Å². The minimum Gasteiger partial charge on any atom is -0.365 e. The van der Waals surface area contributed by atoms with Crippen LogP contribution in [0.2, 0.25) is 0 Å². The molecule has 36 heavy (non-hydrogen) atoms. The Morgan fingerprint density at radius 2 is 1.64 bits per heavy atom. The molecule has 2 aromatic rings. The van der Waals surface area contributed by atoms with Crippen molar-refractivity contribution in [1.29, 1.82) is 0 Å². The van der Waals surface area contributed by atoms with E-state index in [9.17, 15) is 0 Å². The van der Waals surface area contributed by atoms with Gasteiger partial charge in [-0.05, 0) is 91.4 Å². The summed E-state index contributed by atoms with van der Waals surface area (Å²) in [7, 11) is 4.31. The van der Waals surface area contributed by atoms with Crippen LogP contribution in [0.3, 0.4) is 0 Å². The third-order valence-corrected chi connectivity index (χ3v) is 8.50. The Morgan fingerprint density at radius 1 is 0.917 bits per heavy atom. The average Bonchev–Trinajstić information content (AvgIpc) is 3.54. The van der Waals surface area contributed by atoms with Gasteiger partial charge in [0.2, 0.25) is 5.95 Å². The summed E-state index contributed by atoms with van der Waals surface area (Å²) < 4.78 is 2.31. The van der Waals surface area contributed by atoms with E-state index in [1.807, 2.05) is 6.33 Å². The van der Waals surface area contributed by atoms with E-state index in [1.54, 1.807) is 0 Å². The smallest absolute Gasteiger partial charge is 0.227 e. The molecule has 3 fully saturated rings. The van der Waals surface area contributed by atoms with Crippen LogP contribution in [0.4, 0.5) is 11.8 Å². The number of piperidine rings is 1. The Balaban J connectivity index is 1.26. The van der Waals surface area contributed by atoms with Gasteiger partial charge in [-0.15, -0.1) is 0 Å². The number of nitrogens with two attached hydrogens (primary N) is 1. The fourth-order valence-corrected chi connectivity index (χ4v) is 6.24. The number of nitrogens with zero attached hydrogens (tertiary/aromatic N) is 6. The minimum absolute atomic E-state index is 0.339.